The molecule has 0 aromatic rings. The van der Waals surface area contributed by atoms with E-state index in [0.717, 1.165) is 64.2 Å². The van der Waals surface area contributed by atoms with Gasteiger partial charge < -0.3 is 18.9 Å². The summed E-state index contributed by atoms with van der Waals surface area (Å²) in [4.78, 5) is 35.2. The SMILES string of the molecule is CCCCC/C=C/C/C=C/CCCCCCCC(=O)O[C@H](COC(=O)CCCCC/C=C/CCCCCCCC)COP(=O)(O)OCC[N+](C)(C)C. The molecule has 1 unspecified atom stereocenters. The van der Waals surface area contributed by atoms with Crippen LogP contribution in [0.4, 0.5) is 0 Å². The Bertz CT molecular complexity index is 991. The maximum atomic E-state index is 12.6. The minimum atomic E-state index is -4.38. The molecular formula is C42H79NO8P+. The number of carbonyl (C=O) groups excluding carboxylic acids is 2. The maximum absolute atomic E-state index is 12.6. The lowest BCUT2D eigenvalue weighted by Gasteiger charge is -2.24. The quantitative estimate of drug-likeness (QED) is 0.0219. The van der Waals surface area contributed by atoms with E-state index in [2.05, 4.69) is 50.3 Å². The number of quaternary nitrogens is 1. The molecule has 0 aliphatic heterocycles. The van der Waals surface area contributed by atoms with Crippen molar-refractivity contribution in [2.45, 2.75) is 174 Å². The molecule has 0 rings (SSSR count). The predicted molar refractivity (Wildman–Crippen MR) is 215 cm³/mol. The van der Waals surface area contributed by atoms with Gasteiger partial charge in [0.2, 0.25) is 0 Å². The van der Waals surface area contributed by atoms with Crippen molar-refractivity contribution in [1.29, 1.82) is 0 Å². The van der Waals surface area contributed by atoms with Gasteiger partial charge in [-0.1, -0.05) is 121 Å². The zero-order chi connectivity index (χ0) is 38.6. The van der Waals surface area contributed by atoms with E-state index in [0.29, 0.717) is 23.9 Å². The summed E-state index contributed by atoms with van der Waals surface area (Å²) in [6.45, 7) is 4.34. The number of nitrogens with zero attached hydrogens (tertiary/aromatic N) is 1. The number of allylic oxidation sites excluding steroid dienone is 6. The van der Waals surface area contributed by atoms with Gasteiger partial charge >= 0.3 is 19.8 Å². The van der Waals surface area contributed by atoms with Crippen molar-refractivity contribution in [1.82, 2.24) is 0 Å². The van der Waals surface area contributed by atoms with Crippen LogP contribution in [-0.4, -0.2) is 74.9 Å². The van der Waals surface area contributed by atoms with Gasteiger partial charge in [-0.2, -0.15) is 0 Å². The van der Waals surface area contributed by atoms with Crippen molar-refractivity contribution in [3.8, 4) is 0 Å². The molecule has 304 valence electrons. The number of unbranched alkanes of at least 4 members (excludes halogenated alkanes) is 17. The van der Waals surface area contributed by atoms with E-state index in [-0.39, 0.29) is 32.0 Å². The molecule has 0 aliphatic rings. The van der Waals surface area contributed by atoms with Gasteiger partial charge in [0.1, 0.15) is 19.8 Å². The lowest BCUT2D eigenvalue weighted by Crippen LogP contribution is -2.37. The molecule has 0 fully saturated rings. The monoisotopic (exact) mass is 757 g/mol. The van der Waals surface area contributed by atoms with E-state index in [1.54, 1.807) is 0 Å². The van der Waals surface area contributed by atoms with E-state index in [1.807, 2.05) is 21.1 Å². The molecule has 9 nitrogen and oxygen atoms in total. The van der Waals surface area contributed by atoms with Gasteiger partial charge in [0.05, 0.1) is 27.7 Å². The Labute approximate surface area is 319 Å². The van der Waals surface area contributed by atoms with Gasteiger partial charge in [0.25, 0.3) is 0 Å². The van der Waals surface area contributed by atoms with Crippen LogP contribution in [0.1, 0.15) is 168 Å². The van der Waals surface area contributed by atoms with Crippen LogP contribution in [0.25, 0.3) is 0 Å². The molecule has 0 saturated heterocycles. The number of likely N-dealkylation sites (N-methyl/N-ethyl adjacent to an activating group) is 1. The molecule has 0 saturated carbocycles. The molecule has 10 heteroatoms. The molecular weight excluding hydrogens is 677 g/mol. The molecule has 0 heterocycles. The summed E-state index contributed by atoms with van der Waals surface area (Å²) in [7, 11) is 1.46. The standard InChI is InChI=1S/C42H78NO8P/c1-6-8-10-12-14-16-18-20-21-23-25-27-29-31-33-35-42(45)51-40(39-50-52(46,47)49-37-36-43(3,4)5)38-48-41(44)34-32-30-28-26-24-22-19-17-15-13-11-9-7-2/h14,16,20-22,24,40H,6-13,15,17-19,23,25-39H2,1-5H3/p+1/b16-14+,21-20+,24-22+/t40-/m1/s1. The number of hydrogen-bond donors (Lipinski definition) is 1. The fraction of sp³-hybridized carbons (Fsp3) is 0.810. The molecule has 0 aromatic heterocycles. The third-order valence-corrected chi connectivity index (χ3v) is 9.63. The van der Waals surface area contributed by atoms with Crippen molar-refractivity contribution < 1.29 is 42.1 Å². The highest BCUT2D eigenvalue weighted by Gasteiger charge is 2.27. The summed E-state index contributed by atoms with van der Waals surface area (Å²) in [6.07, 6.45) is 37.6. The summed E-state index contributed by atoms with van der Waals surface area (Å²) in [5.41, 5.74) is 0. The van der Waals surface area contributed by atoms with E-state index in [1.165, 1.54) is 64.2 Å². The highest BCUT2D eigenvalue weighted by atomic mass is 31.2. The first-order valence-corrected chi connectivity index (χ1v) is 22.2. The summed E-state index contributed by atoms with van der Waals surface area (Å²) in [6, 6.07) is 0. The molecule has 0 bridgehead atoms. The highest BCUT2D eigenvalue weighted by molar-refractivity contribution is 7.47. The number of carbonyl (C=O) groups is 2. The van der Waals surface area contributed by atoms with E-state index in [9.17, 15) is 19.0 Å². The Kier molecular flexibility index (Phi) is 33.8. The lowest BCUT2D eigenvalue weighted by molar-refractivity contribution is -0.870. The van der Waals surface area contributed by atoms with Gasteiger partial charge in [-0.3, -0.25) is 18.6 Å². The molecule has 52 heavy (non-hydrogen) atoms. The van der Waals surface area contributed by atoms with Gasteiger partial charge in [-0.15, -0.1) is 0 Å². The first-order chi connectivity index (χ1) is 25.0. The van der Waals surface area contributed by atoms with Crippen LogP contribution >= 0.6 is 7.82 Å². The summed E-state index contributed by atoms with van der Waals surface area (Å²) in [5, 5.41) is 0. The zero-order valence-corrected chi connectivity index (χ0v) is 34.9. The van der Waals surface area contributed by atoms with Gasteiger partial charge in [0.15, 0.2) is 6.10 Å². The number of rotatable bonds is 37. The largest absolute Gasteiger partial charge is 0.472 e. The molecule has 0 radical (unpaired) electrons. The summed E-state index contributed by atoms with van der Waals surface area (Å²) in [5.74, 6) is -0.835. The second kappa shape index (κ2) is 35.0. The molecule has 0 aromatic carbocycles. The minimum absolute atomic E-state index is 0.0262. The first kappa shape index (κ1) is 50.2. The van der Waals surface area contributed by atoms with Crippen LogP contribution in [0.3, 0.4) is 0 Å². The molecule has 2 atom stereocenters. The van der Waals surface area contributed by atoms with Gasteiger partial charge in [-0.05, 0) is 70.6 Å². The normalized spacial score (nSPS) is 14.0. The number of hydrogen-bond acceptors (Lipinski definition) is 7. The van der Waals surface area contributed by atoms with Crippen LogP contribution < -0.4 is 0 Å². The van der Waals surface area contributed by atoms with Crippen molar-refractivity contribution >= 4 is 19.8 Å². The van der Waals surface area contributed by atoms with E-state index in [4.69, 9.17) is 18.5 Å². The Hall–Kier alpha value is -1.77. The van der Waals surface area contributed by atoms with Crippen molar-refractivity contribution in [3.05, 3.63) is 36.5 Å². The molecule has 0 spiro atoms. The number of phosphoric acid groups is 1. The second-order valence-electron chi connectivity index (χ2n) is 15.0. The third kappa shape index (κ3) is 38.0. The van der Waals surface area contributed by atoms with Crippen LogP contribution in [0, 0.1) is 0 Å². The Balaban J connectivity index is 4.45. The van der Waals surface area contributed by atoms with Gasteiger partial charge in [-0.25, -0.2) is 4.57 Å². The van der Waals surface area contributed by atoms with Crippen LogP contribution in [0.5, 0.6) is 0 Å². The fourth-order valence-electron chi connectivity index (χ4n) is 5.33. The second-order valence-corrected chi connectivity index (χ2v) is 16.5. The fourth-order valence-corrected chi connectivity index (χ4v) is 6.07. The lowest BCUT2D eigenvalue weighted by atomic mass is 10.1. The van der Waals surface area contributed by atoms with Crippen LogP contribution in [0.15, 0.2) is 36.5 Å². The van der Waals surface area contributed by atoms with Crippen LogP contribution in [-0.2, 0) is 32.7 Å². The van der Waals surface area contributed by atoms with Crippen molar-refractivity contribution in [2.24, 2.45) is 0 Å². The average Bonchev–Trinajstić information content (AvgIpc) is 3.09. The molecule has 1 N–H and O–H groups in total. The smallest absolute Gasteiger partial charge is 0.462 e. The molecule has 0 aliphatic carbocycles. The predicted octanol–water partition coefficient (Wildman–Crippen LogP) is 11.4. The van der Waals surface area contributed by atoms with E-state index >= 15 is 0 Å². The first-order valence-electron chi connectivity index (χ1n) is 20.7. The number of esters is 2. The molecule has 0 amide bonds. The average molecular weight is 757 g/mol. The van der Waals surface area contributed by atoms with Crippen molar-refractivity contribution in [3.63, 3.8) is 0 Å². The zero-order valence-electron chi connectivity index (χ0n) is 34.0. The highest BCUT2D eigenvalue weighted by Crippen LogP contribution is 2.43. The maximum Gasteiger partial charge on any atom is 0.472 e. The van der Waals surface area contributed by atoms with Gasteiger partial charge in [0, 0.05) is 12.8 Å². The van der Waals surface area contributed by atoms with E-state index < -0.39 is 26.5 Å². The Morgan fingerprint density at radius 3 is 1.60 bits per heavy atom. The third-order valence-electron chi connectivity index (χ3n) is 8.64. The minimum Gasteiger partial charge on any atom is -0.462 e. The van der Waals surface area contributed by atoms with Crippen molar-refractivity contribution in [2.75, 3.05) is 47.5 Å². The van der Waals surface area contributed by atoms with Crippen LogP contribution in [0.2, 0.25) is 0 Å². The summed E-state index contributed by atoms with van der Waals surface area (Å²) >= 11 is 0. The summed E-state index contributed by atoms with van der Waals surface area (Å²) < 4.78 is 34.2. The Morgan fingerprint density at radius 2 is 1.04 bits per heavy atom. The topological polar surface area (TPSA) is 108 Å². The number of ether oxygens (including phenoxy) is 2. The Morgan fingerprint density at radius 1 is 0.596 bits per heavy atom. The number of phosphoric ester groups is 1.